The quantitative estimate of drug-likeness (QED) is 0.255. The van der Waals surface area contributed by atoms with Gasteiger partial charge in [0.15, 0.2) is 23.0 Å². The molecule has 0 saturated carbocycles. The van der Waals surface area contributed by atoms with E-state index in [0.717, 1.165) is 12.2 Å². The number of carbonyl (C=O) groups is 2. The van der Waals surface area contributed by atoms with E-state index in [-0.39, 0.29) is 23.0 Å². The lowest BCUT2D eigenvalue weighted by molar-refractivity contribution is -0.142. The topological polar surface area (TPSA) is 176 Å². The van der Waals surface area contributed by atoms with Crippen LogP contribution in [0.1, 0.15) is 12.8 Å². The van der Waals surface area contributed by atoms with Gasteiger partial charge in [-0.05, 0) is 0 Å². The van der Waals surface area contributed by atoms with E-state index in [9.17, 15) is 30.0 Å². The van der Waals surface area contributed by atoms with Gasteiger partial charge in [-0.1, -0.05) is 0 Å². The normalized spacial score (nSPS) is 26.1. The Bertz CT molecular complexity index is 789. The van der Waals surface area contributed by atoms with E-state index < -0.39 is 47.6 Å². The van der Waals surface area contributed by atoms with Crippen molar-refractivity contribution in [3.8, 4) is 0 Å². The van der Waals surface area contributed by atoms with Crippen LogP contribution in [0.25, 0.3) is 0 Å². The predicted octanol–water partition coefficient (Wildman–Crippen LogP) is -0.704. The van der Waals surface area contributed by atoms with Gasteiger partial charge in [-0.3, -0.25) is 9.59 Å². The smallest absolute Gasteiger partial charge is 0.234 e. The van der Waals surface area contributed by atoms with Gasteiger partial charge < -0.3 is 50.0 Å². The minimum atomic E-state index is -2.15. The summed E-state index contributed by atoms with van der Waals surface area (Å²) in [6, 6.07) is 0. The van der Waals surface area contributed by atoms with E-state index in [0.29, 0.717) is 0 Å². The highest BCUT2D eigenvalue weighted by Crippen LogP contribution is 2.28. The molecule has 0 aromatic heterocycles. The molecule has 0 bridgehead atoms. The molecular formula is C18H24N2O10. The van der Waals surface area contributed by atoms with E-state index in [1.807, 2.05) is 0 Å². The van der Waals surface area contributed by atoms with E-state index in [2.05, 4.69) is 10.6 Å². The molecular weight excluding hydrogens is 404 g/mol. The molecule has 2 aliphatic heterocycles. The zero-order valence-corrected chi connectivity index (χ0v) is 16.8. The predicted molar refractivity (Wildman–Crippen MR) is 98.9 cm³/mol. The largest absolute Gasteiger partial charge is 0.493 e. The monoisotopic (exact) mass is 428 g/mol. The van der Waals surface area contributed by atoms with Crippen molar-refractivity contribution in [2.45, 2.75) is 24.3 Å². The fraction of sp³-hybridized carbons (Fsp3) is 0.444. The van der Waals surface area contributed by atoms with E-state index in [1.165, 1.54) is 28.4 Å². The van der Waals surface area contributed by atoms with Crippen LogP contribution in [0.5, 0.6) is 0 Å². The zero-order valence-electron chi connectivity index (χ0n) is 16.8. The average Bonchev–Trinajstić information content (AvgIpc) is 2.66. The molecule has 0 amide bonds. The van der Waals surface area contributed by atoms with Crippen LogP contribution in [-0.4, -0.2) is 71.9 Å². The van der Waals surface area contributed by atoms with Crippen molar-refractivity contribution >= 4 is 11.6 Å². The number of methoxy groups -OCH3 is 4. The highest BCUT2D eigenvalue weighted by molar-refractivity contribution is 6.37. The minimum absolute atomic E-state index is 0.0566. The average molecular weight is 428 g/mol. The number of aliphatic hydroxyl groups excluding tert-OH is 2. The molecule has 0 unspecified atom stereocenters. The zero-order chi connectivity index (χ0) is 22.7. The second-order valence-corrected chi connectivity index (χ2v) is 6.49. The summed E-state index contributed by atoms with van der Waals surface area (Å²) < 4.78 is 19.9. The Labute approximate surface area is 171 Å². The van der Waals surface area contributed by atoms with E-state index >= 15 is 0 Å². The van der Waals surface area contributed by atoms with Crippen molar-refractivity contribution in [3.05, 3.63) is 47.0 Å². The summed E-state index contributed by atoms with van der Waals surface area (Å²) in [5, 5.41) is 45.5. The molecule has 0 fully saturated rings. The fourth-order valence-corrected chi connectivity index (χ4v) is 2.97. The second kappa shape index (κ2) is 8.55. The molecule has 2 rings (SSSR count). The molecule has 12 heteroatoms. The molecule has 0 aromatic carbocycles. The Hall–Kier alpha value is -3.38. The van der Waals surface area contributed by atoms with E-state index in [1.54, 1.807) is 0 Å². The number of ether oxygens (including phenoxy) is 4. The van der Waals surface area contributed by atoms with Gasteiger partial charge in [-0.2, -0.15) is 0 Å². The third-order valence-electron chi connectivity index (χ3n) is 4.31. The first-order valence-electron chi connectivity index (χ1n) is 8.57. The van der Waals surface area contributed by atoms with Crippen LogP contribution in [-0.2, 0) is 28.5 Å². The molecule has 166 valence electrons. The summed E-state index contributed by atoms with van der Waals surface area (Å²) in [6.45, 7) is 0. The Balaban J connectivity index is 2.15. The van der Waals surface area contributed by atoms with Crippen molar-refractivity contribution in [2.75, 3.05) is 28.4 Å². The van der Waals surface area contributed by atoms with Crippen molar-refractivity contribution in [3.63, 3.8) is 0 Å². The molecule has 0 aliphatic carbocycles. The molecule has 0 radical (unpaired) electrons. The third-order valence-corrected chi connectivity index (χ3v) is 4.31. The third kappa shape index (κ3) is 4.60. The first kappa shape index (κ1) is 22.9. The molecule has 0 spiro atoms. The summed E-state index contributed by atoms with van der Waals surface area (Å²) in [7, 11) is 5.04. The molecule has 2 aliphatic rings. The maximum Gasteiger partial charge on any atom is 0.234 e. The van der Waals surface area contributed by atoms with Crippen LogP contribution in [0.2, 0.25) is 0 Å². The molecule has 0 saturated heterocycles. The van der Waals surface area contributed by atoms with Crippen LogP contribution in [0.3, 0.4) is 0 Å². The van der Waals surface area contributed by atoms with Gasteiger partial charge in [-0.15, -0.1) is 0 Å². The Kier molecular flexibility index (Phi) is 6.53. The van der Waals surface area contributed by atoms with Gasteiger partial charge in [0.25, 0.3) is 0 Å². The lowest BCUT2D eigenvalue weighted by Crippen LogP contribution is -2.51. The van der Waals surface area contributed by atoms with Crippen molar-refractivity contribution in [1.82, 2.24) is 10.6 Å². The maximum atomic E-state index is 12.4. The molecule has 0 aromatic rings. The SMILES string of the molecule is COC1=C[C@@](O)(CC(=O)C(=O)C[C@]2(O)C=C(OC)C(OC)=C(O)N2)NC(O)=C1OC. The first-order valence-corrected chi connectivity index (χ1v) is 8.57. The van der Waals surface area contributed by atoms with Crippen LogP contribution in [0.4, 0.5) is 0 Å². The first-order chi connectivity index (χ1) is 14.0. The van der Waals surface area contributed by atoms with Gasteiger partial charge in [0.05, 0.1) is 41.3 Å². The summed E-state index contributed by atoms with van der Waals surface area (Å²) in [4.78, 5) is 24.8. The molecule has 6 N–H and O–H groups in total. The lowest BCUT2D eigenvalue weighted by Gasteiger charge is -2.32. The lowest BCUT2D eigenvalue weighted by atomic mass is 9.95. The molecule has 2 heterocycles. The Morgan fingerprint density at radius 3 is 1.37 bits per heavy atom. The summed E-state index contributed by atoms with van der Waals surface area (Å²) in [5.74, 6) is -3.66. The van der Waals surface area contributed by atoms with Gasteiger partial charge in [0, 0.05) is 12.2 Å². The summed E-state index contributed by atoms with van der Waals surface area (Å²) in [5.41, 5.74) is -4.29. The fourth-order valence-electron chi connectivity index (χ4n) is 2.97. The number of aliphatic hydroxyl groups is 4. The number of Topliss-reactive ketones (excluding diaryl/α,β-unsaturated/α-hetero) is 2. The van der Waals surface area contributed by atoms with E-state index in [4.69, 9.17) is 18.9 Å². The van der Waals surface area contributed by atoms with Gasteiger partial charge in [0.2, 0.25) is 34.9 Å². The molecule has 30 heavy (non-hydrogen) atoms. The number of dihydropyridines is 2. The van der Waals surface area contributed by atoms with Crippen LogP contribution in [0, 0.1) is 0 Å². The Morgan fingerprint density at radius 1 is 0.767 bits per heavy atom. The molecule has 12 nitrogen and oxygen atoms in total. The van der Waals surface area contributed by atoms with Gasteiger partial charge in [0.1, 0.15) is 0 Å². The number of hydrogen-bond acceptors (Lipinski definition) is 12. The van der Waals surface area contributed by atoms with Crippen LogP contribution in [0.15, 0.2) is 47.0 Å². The van der Waals surface area contributed by atoms with Crippen molar-refractivity contribution < 1.29 is 49.0 Å². The van der Waals surface area contributed by atoms with Crippen molar-refractivity contribution in [1.29, 1.82) is 0 Å². The number of nitrogens with one attached hydrogen (secondary N) is 2. The summed E-state index contributed by atoms with van der Waals surface area (Å²) >= 11 is 0. The maximum absolute atomic E-state index is 12.4. The second-order valence-electron chi connectivity index (χ2n) is 6.49. The number of rotatable bonds is 9. The number of carbonyl (C=O) groups excluding carboxylic acids is 2. The van der Waals surface area contributed by atoms with Gasteiger partial charge >= 0.3 is 0 Å². The van der Waals surface area contributed by atoms with Crippen LogP contribution < -0.4 is 10.6 Å². The minimum Gasteiger partial charge on any atom is -0.493 e. The highest BCUT2D eigenvalue weighted by atomic mass is 16.5. The van der Waals surface area contributed by atoms with Crippen LogP contribution >= 0.6 is 0 Å². The number of hydrogen-bond donors (Lipinski definition) is 6. The van der Waals surface area contributed by atoms with Gasteiger partial charge in [-0.25, -0.2) is 0 Å². The number of ketones is 2. The highest BCUT2D eigenvalue weighted by Gasteiger charge is 2.41. The standard InChI is InChI=1S/C18H24N2O10/c1-27-11-7-17(25,19-15(23)13(11)29-3)5-9(21)10(22)6-18(26)8-12(28-2)14(30-4)16(24)20-18/h7-8,19-20,23-26H,5-6H2,1-4H3/t17-,18-/m0/s1. The summed E-state index contributed by atoms with van der Waals surface area (Å²) in [6.07, 6.45) is 0.545. The Morgan fingerprint density at radius 2 is 1.10 bits per heavy atom. The van der Waals surface area contributed by atoms with Crippen molar-refractivity contribution in [2.24, 2.45) is 0 Å². The molecule has 2 atom stereocenters.